The van der Waals surface area contributed by atoms with Gasteiger partial charge in [0, 0.05) is 32.1 Å². The monoisotopic (exact) mass is 481 g/mol. The Morgan fingerprint density at radius 1 is 1.12 bits per heavy atom. The number of nitrogens with one attached hydrogen (secondary N) is 2. The number of likely N-dealkylation sites (N-methyl/N-ethyl adjacent to an activating group) is 1. The van der Waals surface area contributed by atoms with Gasteiger partial charge < -0.3 is 15.5 Å². The summed E-state index contributed by atoms with van der Waals surface area (Å²) in [5, 5.41) is 4.96. The Morgan fingerprint density at radius 3 is 2.15 bits per heavy atom. The van der Waals surface area contributed by atoms with Gasteiger partial charge in [-0.3, -0.25) is 14.4 Å². The zero-order valence-corrected chi connectivity index (χ0v) is 18.1. The fraction of sp³-hybridized carbons (Fsp3) is 0.571. The molecule has 1 saturated heterocycles. The first kappa shape index (κ1) is 26.5. The number of carbonyl (C=O) groups is 3. The van der Waals surface area contributed by atoms with Crippen LogP contribution in [0.15, 0.2) is 18.2 Å². The Morgan fingerprint density at radius 2 is 1.70 bits per heavy atom. The molecule has 1 unspecified atom stereocenters. The summed E-state index contributed by atoms with van der Waals surface area (Å²) in [6.45, 7) is 2.12. The summed E-state index contributed by atoms with van der Waals surface area (Å²) in [4.78, 5) is 37.4. The Labute approximate surface area is 186 Å². The topological polar surface area (TPSA) is 78.5 Å². The Bertz CT molecular complexity index is 853. The van der Waals surface area contributed by atoms with Crippen molar-refractivity contribution in [1.29, 1.82) is 0 Å². The Balaban J connectivity index is 1.99. The number of hydrogen-bond acceptors (Lipinski definition) is 3. The molecule has 0 bridgehead atoms. The van der Waals surface area contributed by atoms with Gasteiger partial charge >= 0.3 is 12.4 Å². The van der Waals surface area contributed by atoms with E-state index in [1.54, 1.807) is 7.05 Å². The molecule has 1 aromatic carbocycles. The highest BCUT2D eigenvalue weighted by atomic mass is 19.4. The van der Waals surface area contributed by atoms with Crippen LogP contribution in [0.5, 0.6) is 0 Å². The maximum Gasteiger partial charge on any atom is 0.416 e. The first-order valence-electron chi connectivity index (χ1n) is 10.3. The van der Waals surface area contributed by atoms with E-state index in [0.29, 0.717) is 37.9 Å². The Hall–Kier alpha value is -2.79. The molecule has 6 nitrogen and oxygen atoms in total. The van der Waals surface area contributed by atoms with Gasteiger partial charge in [-0.05, 0) is 37.0 Å². The number of rotatable bonds is 8. The van der Waals surface area contributed by atoms with Crippen LogP contribution in [-0.2, 0) is 21.9 Å². The number of hydrogen-bond donors (Lipinski definition) is 2. The molecule has 12 heteroatoms. The first-order valence-corrected chi connectivity index (χ1v) is 10.3. The van der Waals surface area contributed by atoms with Crippen molar-refractivity contribution >= 4 is 17.7 Å². The minimum absolute atomic E-state index is 0.00905. The number of carbonyl (C=O) groups excluding carboxylic acids is 3. The molecule has 3 amide bonds. The van der Waals surface area contributed by atoms with Crippen molar-refractivity contribution in [3.8, 4) is 0 Å². The highest BCUT2D eigenvalue weighted by molar-refractivity contribution is 5.94. The SMILES string of the molecule is CCC(CCN(C)C(=O)[C@H]1CCC(=O)N1)CNC(=O)c1cc(C(F)(F)F)cc(C(F)(F)F)c1. The molecular weight excluding hydrogens is 456 g/mol. The van der Waals surface area contributed by atoms with E-state index in [2.05, 4.69) is 10.6 Å². The van der Waals surface area contributed by atoms with Gasteiger partial charge in [0.1, 0.15) is 6.04 Å². The van der Waals surface area contributed by atoms with Gasteiger partial charge in [-0.1, -0.05) is 13.3 Å². The normalized spacial score (nSPS) is 17.5. The molecule has 2 N–H and O–H groups in total. The lowest BCUT2D eigenvalue weighted by Gasteiger charge is -2.24. The highest BCUT2D eigenvalue weighted by Gasteiger charge is 2.37. The molecule has 0 radical (unpaired) electrons. The molecular formula is C21H25F6N3O3. The zero-order valence-electron chi connectivity index (χ0n) is 18.1. The lowest BCUT2D eigenvalue weighted by molar-refractivity contribution is -0.143. The van der Waals surface area contributed by atoms with Gasteiger partial charge in [0.2, 0.25) is 11.8 Å². The third kappa shape index (κ3) is 7.36. The van der Waals surface area contributed by atoms with Gasteiger partial charge in [-0.25, -0.2) is 0 Å². The van der Waals surface area contributed by atoms with Crippen LogP contribution in [0.25, 0.3) is 0 Å². The minimum atomic E-state index is -5.04. The van der Waals surface area contributed by atoms with Crippen LogP contribution in [0.1, 0.15) is 54.1 Å². The summed E-state index contributed by atoms with van der Waals surface area (Å²) in [6.07, 6.45) is -8.41. The van der Waals surface area contributed by atoms with Crippen molar-refractivity contribution in [2.75, 3.05) is 20.1 Å². The van der Waals surface area contributed by atoms with Crippen molar-refractivity contribution in [3.63, 3.8) is 0 Å². The lowest BCUT2D eigenvalue weighted by atomic mass is 10.0. The molecule has 0 spiro atoms. The molecule has 33 heavy (non-hydrogen) atoms. The largest absolute Gasteiger partial charge is 0.416 e. The molecule has 1 aliphatic heterocycles. The van der Waals surface area contributed by atoms with Crippen LogP contribution in [0.3, 0.4) is 0 Å². The summed E-state index contributed by atoms with van der Waals surface area (Å²) in [6, 6.07) is 0.151. The van der Waals surface area contributed by atoms with E-state index in [1.807, 2.05) is 6.92 Å². The van der Waals surface area contributed by atoms with Crippen molar-refractivity contribution in [3.05, 3.63) is 34.9 Å². The maximum atomic E-state index is 13.0. The van der Waals surface area contributed by atoms with E-state index in [0.717, 1.165) is 0 Å². The molecule has 0 saturated carbocycles. The van der Waals surface area contributed by atoms with E-state index < -0.39 is 41.0 Å². The standard InChI is InChI=1S/C21H25F6N3O3/c1-3-12(6-7-30(2)19(33)16-4-5-17(31)29-16)11-28-18(32)13-8-14(20(22,23)24)10-15(9-13)21(25,26)27/h8-10,12,16H,3-7,11H2,1-2H3,(H,28,32)(H,29,31)/t12?,16-/m1/s1. The summed E-state index contributed by atoms with van der Waals surface area (Å²) >= 11 is 0. The fourth-order valence-electron chi connectivity index (χ4n) is 3.43. The summed E-state index contributed by atoms with van der Waals surface area (Å²) in [5.74, 6) is -1.67. The van der Waals surface area contributed by atoms with Crippen LogP contribution < -0.4 is 10.6 Å². The van der Waals surface area contributed by atoms with Crippen LogP contribution in [0, 0.1) is 5.92 Å². The molecule has 2 rings (SSSR count). The second-order valence-corrected chi connectivity index (χ2v) is 7.99. The van der Waals surface area contributed by atoms with Gasteiger partial charge in [0.15, 0.2) is 0 Å². The molecule has 2 atom stereocenters. The number of amides is 3. The predicted molar refractivity (Wildman–Crippen MR) is 106 cm³/mol. The summed E-state index contributed by atoms with van der Waals surface area (Å²) in [5.41, 5.74) is -3.86. The molecule has 1 aliphatic rings. The second kappa shape index (κ2) is 10.4. The number of benzene rings is 1. The molecule has 0 aliphatic carbocycles. The quantitative estimate of drug-likeness (QED) is 0.557. The van der Waals surface area contributed by atoms with Crippen LogP contribution in [0.2, 0.25) is 0 Å². The number of nitrogens with zero attached hydrogens (tertiary/aromatic N) is 1. The number of halogens is 6. The van der Waals surface area contributed by atoms with Crippen molar-refractivity contribution in [2.24, 2.45) is 5.92 Å². The minimum Gasteiger partial charge on any atom is -0.352 e. The molecule has 1 heterocycles. The van der Waals surface area contributed by atoms with Crippen molar-refractivity contribution in [2.45, 2.75) is 51.0 Å². The molecule has 1 fully saturated rings. The average Bonchev–Trinajstić information content (AvgIpc) is 3.17. The van der Waals surface area contributed by atoms with Gasteiger partial charge in [0.25, 0.3) is 5.91 Å². The smallest absolute Gasteiger partial charge is 0.352 e. The van der Waals surface area contributed by atoms with E-state index in [9.17, 15) is 40.7 Å². The second-order valence-electron chi connectivity index (χ2n) is 7.99. The van der Waals surface area contributed by atoms with E-state index in [4.69, 9.17) is 0 Å². The van der Waals surface area contributed by atoms with Crippen LogP contribution in [0.4, 0.5) is 26.3 Å². The first-order chi connectivity index (χ1) is 15.2. The highest BCUT2D eigenvalue weighted by Crippen LogP contribution is 2.36. The third-order valence-corrected chi connectivity index (χ3v) is 5.52. The summed E-state index contributed by atoms with van der Waals surface area (Å²) < 4.78 is 77.9. The van der Waals surface area contributed by atoms with E-state index in [1.165, 1.54) is 4.90 Å². The average molecular weight is 481 g/mol. The van der Waals surface area contributed by atoms with Crippen LogP contribution in [-0.4, -0.2) is 48.8 Å². The lowest BCUT2D eigenvalue weighted by Crippen LogP contribution is -2.43. The molecule has 0 aromatic heterocycles. The fourth-order valence-corrected chi connectivity index (χ4v) is 3.43. The van der Waals surface area contributed by atoms with Crippen molar-refractivity contribution in [1.82, 2.24) is 15.5 Å². The third-order valence-electron chi connectivity index (χ3n) is 5.52. The van der Waals surface area contributed by atoms with Gasteiger partial charge in [0.05, 0.1) is 11.1 Å². The van der Waals surface area contributed by atoms with Gasteiger partial charge in [-0.2, -0.15) is 26.3 Å². The van der Waals surface area contributed by atoms with Crippen LogP contribution >= 0.6 is 0 Å². The molecule has 184 valence electrons. The number of alkyl halides is 6. The zero-order chi connectivity index (χ0) is 25.0. The summed E-state index contributed by atoms with van der Waals surface area (Å²) in [7, 11) is 1.57. The Kier molecular flexibility index (Phi) is 8.36. The van der Waals surface area contributed by atoms with Crippen molar-refractivity contribution < 1.29 is 40.7 Å². The predicted octanol–water partition coefficient (Wildman–Crippen LogP) is 3.61. The molecule has 1 aromatic rings. The maximum absolute atomic E-state index is 13.0. The van der Waals surface area contributed by atoms with Gasteiger partial charge in [-0.15, -0.1) is 0 Å². The van der Waals surface area contributed by atoms with E-state index >= 15 is 0 Å². The van der Waals surface area contributed by atoms with E-state index in [-0.39, 0.29) is 36.8 Å².